The van der Waals surface area contributed by atoms with E-state index in [0.717, 1.165) is 6.07 Å². The third-order valence-electron chi connectivity index (χ3n) is 6.33. The first-order valence-electron chi connectivity index (χ1n) is 12.4. The van der Waals surface area contributed by atoms with Crippen LogP contribution in [0.15, 0.2) is 71.8 Å². The van der Waals surface area contributed by atoms with Gasteiger partial charge in [-0.2, -0.15) is 0 Å². The van der Waals surface area contributed by atoms with E-state index in [-0.39, 0.29) is 40.1 Å². The van der Waals surface area contributed by atoms with E-state index >= 15 is 4.39 Å². The van der Waals surface area contributed by atoms with E-state index < -0.39 is 23.0 Å². The lowest BCUT2D eigenvalue weighted by molar-refractivity contribution is 0.102. The molecule has 5 aromatic rings. The topological polar surface area (TPSA) is 114 Å². The number of hydrogen-bond donors (Lipinski definition) is 1. The molecule has 42 heavy (non-hydrogen) atoms. The van der Waals surface area contributed by atoms with Crippen LogP contribution in [0.2, 0.25) is 0 Å². The molecule has 10 nitrogen and oxygen atoms in total. The van der Waals surface area contributed by atoms with Gasteiger partial charge in [-0.25, -0.2) is 13.8 Å². The zero-order valence-electron chi connectivity index (χ0n) is 22.9. The minimum Gasteiger partial charge on any atom is -0.491 e. The molecule has 0 saturated heterocycles. The molecular weight excluding hydrogens is 550 g/mol. The summed E-state index contributed by atoms with van der Waals surface area (Å²) in [6, 6.07) is 12.2. The maximum absolute atomic E-state index is 15.1. The van der Waals surface area contributed by atoms with Crippen LogP contribution in [0.3, 0.4) is 0 Å². The van der Waals surface area contributed by atoms with Gasteiger partial charge in [0.2, 0.25) is 11.3 Å². The van der Waals surface area contributed by atoms with Crippen molar-refractivity contribution in [2.45, 2.75) is 0 Å². The molecule has 0 saturated carbocycles. The molecule has 0 atom stereocenters. The number of halogens is 2. The fourth-order valence-corrected chi connectivity index (χ4v) is 4.36. The van der Waals surface area contributed by atoms with Crippen molar-refractivity contribution in [1.82, 2.24) is 14.5 Å². The molecule has 214 valence electrons. The first-order chi connectivity index (χ1) is 20.2. The molecule has 0 radical (unpaired) electrons. The van der Waals surface area contributed by atoms with Gasteiger partial charge in [0.1, 0.15) is 16.9 Å². The number of nitrogens with zero attached hydrogens (tertiary/aromatic N) is 3. The van der Waals surface area contributed by atoms with Crippen LogP contribution in [0.5, 0.6) is 29.0 Å². The number of anilines is 1. The van der Waals surface area contributed by atoms with Gasteiger partial charge in [-0.05, 0) is 29.8 Å². The summed E-state index contributed by atoms with van der Waals surface area (Å²) in [6.07, 6.45) is 2.79. The third kappa shape index (κ3) is 5.29. The Kier molecular flexibility index (Phi) is 7.69. The Morgan fingerprint density at radius 3 is 2.33 bits per heavy atom. The maximum Gasteiger partial charge on any atom is 0.261 e. The molecular formula is C30H24F2N4O6. The molecule has 3 aromatic heterocycles. The molecule has 0 aliphatic carbocycles. The number of amides is 1. The van der Waals surface area contributed by atoms with E-state index in [1.165, 1.54) is 80.8 Å². The zero-order chi connectivity index (χ0) is 30.0. The molecule has 3 heterocycles. The molecule has 12 heteroatoms. The van der Waals surface area contributed by atoms with Gasteiger partial charge in [0.25, 0.3) is 11.8 Å². The van der Waals surface area contributed by atoms with Crippen LogP contribution in [0.25, 0.3) is 22.2 Å². The summed E-state index contributed by atoms with van der Waals surface area (Å²) < 4.78 is 51.8. The van der Waals surface area contributed by atoms with Crippen molar-refractivity contribution in [3.05, 3.63) is 94.4 Å². The van der Waals surface area contributed by atoms with Crippen LogP contribution < -0.4 is 29.7 Å². The number of ether oxygens (including phenoxy) is 4. The van der Waals surface area contributed by atoms with Crippen LogP contribution in [-0.2, 0) is 7.05 Å². The monoisotopic (exact) mass is 574 g/mol. The number of aromatic nitrogens is 3. The van der Waals surface area contributed by atoms with Gasteiger partial charge in [0, 0.05) is 43.3 Å². The van der Waals surface area contributed by atoms with Gasteiger partial charge in [0.15, 0.2) is 23.1 Å². The van der Waals surface area contributed by atoms with Crippen LogP contribution in [-0.4, -0.2) is 41.8 Å². The summed E-state index contributed by atoms with van der Waals surface area (Å²) in [4.78, 5) is 35.1. The summed E-state index contributed by atoms with van der Waals surface area (Å²) >= 11 is 0. The van der Waals surface area contributed by atoms with Gasteiger partial charge in [-0.15, -0.1) is 0 Å². The summed E-state index contributed by atoms with van der Waals surface area (Å²) in [6.45, 7) is 0. The van der Waals surface area contributed by atoms with E-state index in [9.17, 15) is 14.0 Å². The second-order valence-electron chi connectivity index (χ2n) is 8.95. The second-order valence-corrected chi connectivity index (χ2v) is 8.95. The van der Waals surface area contributed by atoms with Crippen molar-refractivity contribution >= 4 is 22.6 Å². The molecule has 0 unspecified atom stereocenters. The van der Waals surface area contributed by atoms with Crippen LogP contribution in [0.4, 0.5) is 14.5 Å². The van der Waals surface area contributed by atoms with Gasteiger partial charge < -0.3 is 28.8 Å². The molecule has 0 aliphatic heterocycles. The number of carbonyl (C=O) groups excluding carboxylic acids is 1. The Balaban J connectivity index is 1.43. The highest BCUT2D eigenvalue weighted by Gasteiger charge is 2.22. The minimum absolute atomic E-state index is 0.0787. The Morgan fingerprint density at radius 1 is 0.905 bits per heavy atom. The number of fused-ring (bicyclic) bond motifs is 1. The lowest BCUT2D eigenvalue weighted by Crippen LogP contribution is -2.25. The third-order valence-corrected chi connectivity index (χ3v) is 6.33. The van der Waals surface area contributed by atoms with Crippen molar-refractivity contribution in [2.24, 2.45) is 7.05 Å². The standard InChI is InChI=1S/C30H24F2N4O6/c1-36-15-19(27(37)25(30(36)41-4)16-5-7-17(31)8-6-16)28(38)34-18-9-10-22(20(32)13-18)42-23-11-12-33-21-14-24(39-2)29(40-3)35-26(21)23/h5-15H,1-4H3,(H,34,38). The van der Waals surface area contributed by atoms with E-state index in [0.29, 0.717) is 22.3 Å². The zero-order valence-corrected chi connectivity index (χ0v) is 22.9. The van der Waals surface area contributed by atoms with E-state index in [1.54, 1.807) is 13.1 Å². The van der Waals surface area contributed by atoms with Crippen molar-refractivity contribution < 1.29 is 32.5 Å². The van der Waals surface area contributed by atoms with Gasteiger partial charge in [-0.3, -0.25) is 14.6 Å². The largest absolute Gasteiger partial charge is 0.491 e. The average molecular weight is 575 g/mol. The van der Waals surface area contributed by atoms with Crippen molar-refractivity contribution in [3.8, 4) is 40.1 Å². The second kappa shape index (κ2) is 11.5. The van der Waals surface area contributed by atoms with Gasteiger partial charge >= 0.3 is 0 Å². The number of methoxy groups -OCH3 is 3. The van der Waals surface area contributed by atoms with Crippen LogP contribution in [0, 0.1) is 11.6 Å². The van der Waals surface area contributed by atoms with Crippen LogP contribution >= 0.6 is 0 Å². The summed E-state index contributed by atoms with van der Waals surface area (Å²) in [5.41, 5.74) is 0.417. The highest BCUT2D eigenvalue weighted by molar-refractivity contribution is 6.05. The summed E-state index contributed by atoms with van der Waals surface area (Å²) in [5.74, 6) is -1.21. The quantitative estimate of drug-likeness (QED) is 0.264. The molecule has 1 amide bonds. The molecule has 0 spiro atoms. The number of nitrogens with one attached hydrogen (secondary N) is 1. The smallest absolute Gasteiger partial charge is 0.261 e. The van der Waals surface area contributed by atoms with Crippen molar-refractivity contribution in [3.63, 3.8) is 0 Å². The van der Waals surface area contributed by atoms with E-state index in [1.807, 2.05) is 0 Å². The van der Waals surface area contributed by atoms with Crippen molar-refractivity contribution in [2.75, 3.05) is 26.6 Å². The fraction of sp³-hybridized carbons (Fsp3) is 0.133. The SMILES string of the molecule is COc1cc2nccc(Oc3ccc(NC(=O)c4cn(C)c(OC)c(-c5ccc(F)cc5)c4=O)cc3F)c2nc1OC. The Labute approximate surface area is 238 Å². The van der Waals surface area contributed by atoms with Gasteiger partial charge in [-0.1, -0.05) is 12.1 Å². The predicted octanol–water partition coefficient (Wildman–Crippen LogP) is 5.34. The van der Waals surface area contributed by atoms with E-state index in [4.69, 9.17) is 18.9 Å². The molecule has 1 N–H and O–H groups in total. The Hall–Kier alpha value is -5.52. The van der Waals surface area contributed by atoms with Crippen LogP contribution in [0.1, 0.15) is 10.4 Å². The number of rotatable bonds is 8. The summed E-state index contributed by atoms with van der Waals surface area (Å²) in [7, 11) is 5.88. The molecule has 2 aromatic carbocycles. The molecule has 5 rings (SSSR count). The normalized spacial score (nSPS) is 10.8. The first kappa shape index (κ1) is 28.0. The fourth-order valence-electron chi connectivity index (χ4n) is 4.36. The van der Waals surface area contributed by atoms with Gasteiger partial charge in [0.05, 0.1) is 32.4 Å². The number of aryl methyl sites for hydroxylation is 1. The minimum atomic E-state index is -0.784. The molecule has 0 bridgehead atoms. The lowest BCUT2D eigenvalue weighted by Gasteiger charge is -2.15. The number of benzene rings is 2. The number of carbonyl (C=O) groups is 1. The van der Waals surface area contributed by atoms with Crippen molar-refractivity contribution in [1.29, 1.82) is 0 Å². The average Bonchev–Trinajstić information content (AvgIpc) is 2.99. The number of hydrogen-bond acceptors (Lipinski definition) is 8. The first-order valence-corrected chi connectivity index (χ1v) is 12.4. The Bertz CT molecular complexity index is 1880. The van der Waals surface area contributed by atoms with E-state index in [2.05, 4.69) is 15.3 Å². The molecule has 0 aliphatic rings. The predicted molar refractivity (Wildman–Crippen MR) is 151 cm³/mol. The Morgan fingerprint density at radius 2 is 1.67 bits per heavy atom. The maximum atomic E-state index is 15.1. The number of pyridine rings is 3. The molecule has 0 fully saturated rings. The highest BCUT2D eigenvalue weighted by atomic mass is 19.1. The lowest BCUT2D eigenvalue weighted by atomic mass is 10.0. The highest BCUT2D eigenvalue weighted by Crippen LogP contribution is 2.35. The summed E-state index contributed by atoms with van der Waals surface area (Å²) in [5, 5.41) is 2.54.